The molecule has 0 saturated heterocycles. The van der Waals surface area contributed by atoms with Crippen molar-refractivity contribution in [3.8, 4) is 0 Å². The molecule has 0 unspecified atom stereocenters. The summed E-state index contributed by atoms with van der Waals surface area (Å²) in [7, 11) is 3.30. The lowest BCUT2D eigenvalue weighted by molar-refractivity contribution is -0.106. The Bertz CT molecular complexity index is 297. The van der Waals surface area contributed by atoms with Gasteiger partial charge in [-0.2, -0.15) is 11.8 Å². The van der Waals surface area contributed by atoms with Gasteiger partial charge in [-0.1, -0.05) is 19.1 Å². The molecule has 0 radical (unpaired) electrons. The van der Waals surface area contributed by atoms with E-state index in [9.17, 15) is 0 Å². The third kappa shape index (κ3) is 5.34. The van der Waals surface area contributed by atoms with Crippen molar-refractivity contribution in [1.29, 1.82) is 0 Å². The molecule has 1 rings (SSSR count). The van der Waals surface area contributed by atoms with E-state index in [-0.39, 0.29) is 6.29 Å². The zero-order valence-electron chi connectivity index (χ0n) is 10.6. The van der Waals surface area contributed by atoms with Crippen LogP contribution in [0.2, 0.25) is 0 Å². The second-order valence-electron chi connectivity index (χ2n) is 3.42. The number of methoxy groups -OCH3 is 2. The molecular formula is C13H20O2S2. The number of ether oxygens (including phenoxy) is 2. The van der Waals surface area contributed by atoms with Crippen LogP contribution < -0.4 is 0 Å². The average molecular weight is 272 g/mol. The summed E-state index contributed by atoms with van der Waals surface area (Å²) < 4.78 is 10.4. The van der Waals surface area contributed by atoms with E-state index >= 15 is 0 Å². The quantitative estimate of drug-likeness (QED) is 0.406. The first kappa shape index (κ1) is 14.9. The van der Waals surface area contributed by atoms with Gasteiger partial charge in [0.1, 0.15) is 0 Å². The second kappa shape index (κ2) is 8.86. The maximum absolute atomic E-state index is 5.21. The lowest BCUT2D eigenvalue weighted by atomic mass is 10.2. The van der Waals surface area contributed by atoms with Crippen LogP contribution in [0.5, 0.6) is 0 Å². The summed E-state index contributed by atoms with van der Waals surface area (Å²) in [5.41, 5.74) is 1.06. The molecule has 0 aliphatic carbocycles. The van der Waals surface area contributed by atoms with E-state index in [1.807, 2.05) is 23.5 Å². The van der Waals surface area contributed by atoms with E-state index in [0.717, 1.165) is 11.3 Å². The Morgan fingerprint density at radius 2 is 1.71 bits per heavy atom. The molecular weight excluding hydrogens is 252 g/mol. The number of benzene rings is 1. The van der Waals surface area contributed by atoms with Crippen molar-refractivity contribution in [3.63, 3.8) is 0 Å². The molecule has 1 aromatic rings. The Hall–Kier alpha value is -0.160. The zero-order valence-corrected chi connectivity index (χ0v) is 12.3. The molecule has 0 amide bonds. The topological polar surface area (TPSA) is 18.5 Å². The predicted octanol–water partition coefficient (Wildman–Crippen LogP) is 3.82. The maximum atomic E-state index is 5.21. The van der Waals surface area contributed by atoms with Gasteiger partial charge in [-0.15, -0.1) is 11.8 Å². The summed E-state index contributed by atoms with van der Waals surface area (Å²) in [5, 5.41) is 0. The average Bonchev–Trinajstić information content (AvgIpc) is 2.38. The molecule has 0 bridgehead atoms. The van der Waals surface area contributed by atoms with Crippen molar-refractivity contribution in [2.75, 3.05) is 31.5 Å². The van der Waals surface area contributed by atoms with Gasteiger partial charge in [0.05, 0.1) is 0 Å². The molecule has 0 fully saturated rings. The minimum absolute atomic E-state index is 0.260. The summed E-state index contributed by atoms with van der Waals surface area (Å²) in [6.45, 7) is 2.19. The molecule has 0 atom stereocenters. The first-order chi connectivity index (χ1) is 8.31. The summed E-state index contributed by atoms with van der Waals surface area (Å²) >= 11 is 3.88. The van der Waals surface area contributed by atoms with Crippen LogP contribution in [0, 0.1) is 0 Å². The van der Waals surface area contributed by atoms with Gasteiger partial charge in [0, 0.05) is 36.2 Å². The third-order valence-electron chi connectivity index (χ3n) is 2.28. The van der Waals surface area contributed by atoms with Crippen LogP contribution in [-0.4, -0.2) is 31.5 Å². The standard InChI is InChI=1S/C13H20O2S2/c1-4-16-9-10-17-12-7-5-11(6-8-12)13(14-2)15-3/h5-8,13H,4,9-10H2,1-3H3. The Kier molecular flexibility index (Phi) is 7.77. The van der Waals surface area contributed by atoms with Crippen molar-refractivity contribution in [2.24, 2.45) is 0 Å². The van der Waals surface area contributed by atoms with Gasteiger partial charge in [-0.25, -0.2) is 0 Å². The summed E-state index contributed by atoms with van der Waals surface area (Å²) in [5.74, 6) is 3.57. The molecule has 2 nitrogen and oxygen atoms in total. The summed E-state index contributed by atoms with van der Waals surface area (Å²) in [6.07, 6.45) is -0.260. The van der Waals surface area contributed by atoms with Crippen LogP contribution in [-0.2, 0) is 9.47 Å². The normalized spacial score (nSPS) is 11.1. The van der Waals surface area contributed by atoms with Gasteiger partial charge in [0.2, 0.25) is 0 Å². The molecule has 96 valence electrons. The van der Waals surface area contributed by atoms with Crippen LogP contribution in [0.15, 0.2) is 29.2 Å². The van der Waals surface area contributed by atoms with E-state index in [1.165, 1.54) is 16.4 Å². The van der Waals surface area contributed by atoms with E-state index < -0.39 is 0 Å². The minimum Gasteiger partial charge on any atom is -0.352 e. The molecule has 0 saturated carbocycles. The second-order valence-corrected chi connectivity index (χ2v) is 5.98. The monoisotopic (exact) mass is 272 g/mol. The predicted molar refractivity (Wildman–Crippen MR) is 76.9 cm³/mol. The lowest BCUT2D eigenvalue weighted by Gasteiger charge is -2.13. The fourth-order valence-electron chi connectivity index (χ4n) is 1.45. The molecule has 0 heterocycles. The van der Waals surface area contributed by atoms with Gasteiger partial charge >= 0.3 is 0 Å². The summed E-state index contributed by atoms with van der Waals surface area (Å²) in [6, 6.07) is 8.38. The minimum atomic E-state index is -0.260. The van der Waals surface area contributed by atoms with Crippen LogP contribution in [0.4, 0.5) is 0 Å². The van der Waals surface area contributed by atoms with Gasteiger partial charge in [-0.05, 0) is 17.9 Å². The Balaban J connectivity index is 2.44. The van der Waals surface area contributed by atoms with Gasteiger partial charge in [0.15, 0.2) is 6.29 Å². The smallest absolute Gasteiger partial charge is 0.183 e. The lowest BCUT2D eigenvalue weighted by Crippen LogP contribution is -2.03. The number of hydrogen-bond donors (Lipinski definition) is 0. The highest BCUT2D eigenvalue weighted by atomic mass is 32.2. The molecule has 0 spiro atoms. The van der Waals surface area contributed by atoms with E-state index in [0.29, 0.717) is 0 Å². The van der Waals surface area contributed by atoms with E-state index in [1.54, 1.807) is 14.2 Å². The van der Waals surface area contributed by atoms with Gasteiger partial charge in [0.25, 0.3) is 0 Å². The SMILES string of the molecule is CCSCCSc1ccc(C(OC)OC)cc1. The fraction of sp³-hybridized carbons (Fsp3) is 0.538. The highest BCUT2D eigenvalue weighted by Gasteiger charge is 2.07. The highest BCUT2D eigenvalue weighted by molar-refractivity contribution is 8.02. The molecule has 17 heavy (non-hydrogen) atoms. The van der Waals surface area contributed by atoms with Crippen molar-refractivity contribution >= 4 is 23.5 Å². The third-order valence-corrected chi connectivity index (χ3v) is 4.45. The molecule has 0 N–H and O–H groups in total. The molecule has 4 heteroatoms. The van der Waals surface area contributed by atoms with Crippen molar-refractivity contribution in [2.45, 2.75) is 18.1 Å². The first-order valence-electron chi connectivity index (χ1n) is 5.68. The van der Waals surface area contributed by atoms with Crippen LogP contribution in [0.1, 0.15) is 18.8 Å². The largest absolute Gasteiger partial charge is 0.352 e. The fourth-order valence-corrected chi connectivity index (χ4v) is 3.11. The molecule has 0 aliphatic rings. The Morgan fingerprint density at radius 3 is 2.24 bits per heavy atom. The number of thioether (sulfide) groups is 2. The Morgan fingerprint density at radius 1 is 1.06 bits per heavy atom. The van der Waals surface area contributed by atoms with E-state index in [2.05, 4.69) is 31.2 Å². The Labute approximate surface area is 112 Å². The van der Waals surface area contributed by atoms with Crippen molar-refractivity contribution in [3.05, 3.63) is 29.8 Å². The maximum Gasteiger partial charge on any atom is 0.183 e. The number of rotatable bonds is 8. The van der Waals surface area contributed by atoms with Crippen LogP contribution >= 0.6 is 23.5 Å². The molecule has 0 aromatic heterocycles. The highest BCUT2D eigenvalue weighted by Crippen LogP contribution is 2.23. The van der Waals surface area contributed by atoms with Crippen LogP contribution in [0.25, 0.3) is 0 Å². The van der Waals surface area contributed by atoms with Gasteiger partial charge < -0.3 is 9.47 Å². The van der Waals surface area contributed by atoms with Gasteiger partial charge in [-0.3, -0.25) is 0 Å². The number of hydrogen-bond acceptors (Lipinski definition) is 4. The summed E-state index contributed by atoms with van der Waals surface area (Å²) in [4.78, 5) is 1.30. The van der Waals surface area contributed by atoms with Crippen molar-refractivity contribution < 1.29 is 9.47 Å². The zero-order chi connectivity index (χ0) is 12.5. The first-order valence-corrected chi connectivity index (χ1v) is 7.82. The van der Waals surface area contributed by atoms with E-state index in [4.69, 9.17) is 9.47 Å². The van der Waals surface area contributed by atoms with Crippen LogP contribution in [0.3, 0.4) is 0 Å². The molecule has 0 aliphatic heterocycles. The molecule has 1 aromatic carbocycles. The van der Waals surface area contributed by atoms with Crippen molar-refractivity contribution in [1.82, 2.24) is 0 Å².